The first-order chi connectivity index (χ1) is 15.6. The zero-order chi connectivity index (χ0) is 22.6. The summed E-state index contributed by atoms with van der Waals surface area (Å²) in [6.45, 7) is 2.25. The van der Waals surface area contributed by atoms with Gasteiger partial charge in [0.1, 0.15) is 5.75 Å². The predicted octanol–water partition coefficient (Wildman–Crippen LogP) is 5.35. The molecular formula is C27H32N2O2S. The Balaban J connectivity index is 1.67. The van der Waals surface area contributed by atoms with E-state index in [1.807, 2.05) is 74.8 Å². The first-order valence-electron chi connectivity index (χ1n) is 11.0. The van der Waals surface area contributed by atoms with Crippen LogP contribution in [0.15, 0.2) is 78.9 Å². The van der Waals surface area contributed by atoms with Crippen molar-refractivity contribution in [2.45, 2.75) is 12.2 Å². The van der Waals surface area contributed by atoms with E-state index in [4.69, 9.17) is 4.74 Å². The van der Waals surface area contributed by atoms with E-state index in [9.17, 15) is 4.79 Å². The van der Waals surface area contributed by atoms with Crippen LogP contribution in [0.2, 0.25) is 0 Å². The van der Waals surface area contributed by atoms with E-state index in [1.165, 1.54) is 0 Å². The van der Waals surface area contributed by atoms with E-state index in [1.54, 1.807) is 11.8 Å². The number of rotatable bonds is 12. The van der Waals surface area contributed by atoms with Gasteiger partial charge in [-0.25, -0.2) is 0 Å². The summed E-state index contributed by atoms with van der Waals surface area (Å²) in [5.74, 6) is 2.50. The van der Waals surface area contributed by atoms with E-state index in [0.717, 1.165) is 52.5 Å². The largest absolute Gasteiger partial charge is 0.493 e. The molecule has 0 aliphatic rings. The average molecular weight is 449 g/mol. The van der Waals surface area contributed by atoms with Crippen LogP contribution in [0.4, 0.5) is 0 Å². The van der Waals surface area contributed by atoms with Gasteiger partial charge in [0.15, 0.2) is 0 Å². The topological polar surface area (TPSA) is 41.6 Å². The summed E-state index contributed by atoms with van der Waals surface area (Å²) in [4.78, 5) is 15.3. The Morgan fingerprint density at radius 2 is 1.66 bits per heavy atom. The van der Waals surface area contributed by atoms with Crippen molar-refractivity contribution in [3.05, 3.63) is 90.0 Å². The third-order valence-corrected chi connectivity index (χ3v) is 6.00. The van der Waals surface area contributed by atoms with Gasteiger partial charge in [-0.2, -0.15) is 11.8 Å². The second-order valence-corrected chi connectivity index (χ2v) is 8.94. The van der Waals surface area contributed by atoms with Gasteiger partial charge in [0.25, 0.3) is 5.91 Å². The summed E-state index contributed by atoms with van der Waals surface area (Å²) in [7, 11) is 4.09. The predicted molar refractivity (Wildman–Crippen MR) is 135 cm³/mol. The molecule has 0 spiro atoms. The summed E-state index contributed by atoms with van der Waals surface area (Å²) >= 11 is 1.78. The molecule has 0 unspecified atom stereocenters. The first kappa shape index (κ1) is 23.9. The van der Waals surface area contributed by atoms with Crippen molar-refractivity contribution in [1.82, 2.24) is 10.2 Å². The molecule has 0 aliphatic heterocycles. The quantitative estimate of drug-likeness (QED) is 0.379. The van der Waals surface area contributed by atoms with Gasteiger partial charge < -0.3 is 15.0 Å². The number of thioether (sulfide) groups is 1. The molecule has 3 rings (SSSR count). The Kier molecular flexibility index (Phi) is 9.66. The van der Waals surface area contributed by atoms with Crippen LogP contribution in [0.1, 0.15) is 22.3 Å². The Hall–Kier alpha value is -2.76. The van der Waals surface area contributed by atoms with Gasteiger partial charge in [-0.05, 0) is 55.9 Å². The lowest BCUT2D eigenvalue weighted by Crippen LogP contribution is -2.28. The SMILES string of the molecule is CN(C)CCCNC(=O)c1c(CSCCOc2ccccc2)cccc1-c1ccccc1. The number of nitrogens with zero attached hydrogens (tertiary/aromatic N) is 1. The Labute approximate surface area is 196 Å². The minimum Gasteiger partial charge on any atom is -0.493 e. The molecule has 0 saturated heterocycles. The highest BCUT2D eigenvalue weighted by Crippen LogP contribution is 2.28. The minimum atomic E-state index is -0.000607. The lowest BCUT2D eigenvalue weighted by atomic mass is 9.95. The molecule has 1 amide bonds. The van der Waals surface area contributed by atoms with Crippen LogP contribution in [0, 0.1) is 0 Å². The standard InChI is InChI=1S/C27H32N2O2S/c1-29(2)18-10-17-28-27(30)26-23(13-9-16-25(26)22-11-5-3-6-12-22)21-32-20-19-31-24-14-7-4-8-15-24/h3-9,11-16H,10,17-21H2,1-2H3,(H,28,30). The van der Waals surface area contributed by atoms with Crippen LogP contribution < -0.4 is 10.1 Å². The van der Waals surface area contributed by atoms with Crippen molar-refractivity contribution in [3.8, 4) is 16.9 Å². The summed E-state index contributed by atoms with van der Waals surface area (Å²) in [6, 6.07) is 26.1. The highest BCUT2D eigenvalue weighted by molar-refractivity contribution is 7.98. The van der Waals surface area contributed by atoms with Crippen molar-refractivity contribution in [3.63, 3.8) is 0 Å². The summed E-state index contributed by atoms with van der Waals surface area (Å²) < 4.78 is 5.80. The maximum atomic E-state index is 13.2. The molecule has 0 radical (unpaired) electrons. The number of benzene rings is 3. The van der Waals surface area contributed by atoms with Crippen molar-refractivity contribution in [2.75, 3.05) is 39.5 Å². The monoisotopic (exact) mass is 448 g/mol. The van der Waals surface area contributed by atoms with E-state index in [2.05, 4.69) is 28.4 Å². The van der Waals surface area contributed by atoms with Gasteiger partial charge in [-0.15, -0.1) is 0 Å². The lowest BCUT2D eigenvalue weighted by Gasteiger charge is -2.16. The third kappa shape index (κ3) is 7.43. The molecule has 3 aromatic rings. The second-order valence-electron chi connectivity index (χ2n) is 7.83. The minimum absolute atomic E-state index is 0.000607. The van der Waals surface area contributed by atoms with E-state index in [0.29, 0.717) is 13.2 Å². The summed E-state index contributed by atoms with van der Waals surface area (Å²) in [5, 5.41) is 3.13. The average Bonchev–Trinajstić information content (AvgIpc) is 2.82. The van der Waals surface area contributed by atoms with Gasteiger partial charge in [0.2, 0.25) is 0 Å². The van der Waals surface area contributed by atoms with Crippen molar-refractivity contribution < 1.29 is 9.53 Å². The number of hydrogen-bond acceptors (Lipinski definition) is 4. The molecule has 0 aliphatic carbocycles. The summed E-state index contributed by atoms with van der Waals surface area (Å²) in [5.41, 5.74) is 3.88. The number of hydrogen-bond donors (Lipinski definition) is 1. The van der Waals surface area contributed by atoms with E-state index >= 15 is 0 Å². The molecule has 32 heavy (non-hydrogen) atoms. The molecule has 0 fully saturated rings. The lowest BCUT2D eigenvalue weighted by molar-refractivity contribution is 0.0952. The van der Waals surface area contributed by atoms with Crippen LogP contribution in [0.25, 0.3) is 11.1 Å². The van der Waals surface area contributed by atoms with Gasteiger partial charge in [0, 0.05) is 18.1 Å². The molecule has 0 heterocycles. The number of amides is 1. The molecule has 0 atom stereocenters. The number of nitrogens with one attached hydrogen (secondary N) is 1. The fraction of sp³-hybridized carbons (Fsp3) is 0.296. The zero-order valence-corrected chi connectivity index (χ0v) is 19.7. The fourth-order valence-electron chi connectivity index (χ4n) is 3.45. The van der Waals surface area contributed by atoms with Gasteiger partial charge in [-0.1, -0.05) is 66.7 Å². The molecule has 0 aromatic heterocycles. The molecule has 1 N–H and O–H groups in total. The van der Waals surface area contributed by atoms with E-state index in [-0.39, 0.29) is 5.91 Å². The number of ether oxygens (including phenoxy) is 1. The highest BCUT2D eigenvalue weighted by atomic mass is 32.2. The highest BCUT2D eigenvalue weighted by Gasteiger charge is 2.17. The Bertz CT molecular complexity index is 962. The van der Waals surface area contributed by atoms with Crippen LogP contribution in [0.5, 0.6) is 5.75 Å². The normalized spacial score (nSPS) is 10.8. The molecule has 0 bridgehead atoms. The van der Waals surface area contributed by atoms with Crippen LogP contribution >= 0.6 is 11.8 Å². The molecule has 0 saturated carbocycles. The fourth-order valence-corrected chi connectivity index (χ4v) is 4.26. The number of carbonyl (C=O) groups excluding carboxylic acids is 1. The van der Waals surface area contributed by atoms with Crippen molar-refractivity contribution in [1.29, 1.82) is 0 Å². The number of carbonyl (C=O) groups is 1. The molecule has 5 heteroatoms. The molecule has 3 aromatic carbocycles. The van der Waals surface area contributed by atoms with Gasteiger partial charge >= 0.3 is 0 Å². The summed E-state index contributed by atoms with van der Waals surface area (Å²) in [6.07, 6.45) is 0.924. The Morgan fingerprint density at radius 1 is 0.938 bits per heavy atom. The maximum absolute atomic E-state index is 13.2. The zero-order valence-electron chi connectivity index (χ0n) is 18.9. The van der Waals surface area contributed by atoms with Crippen LogP contribution in [-0.2, 0) is 5.75 Å². The number of para-hydroxylation sites is 1. The Morgan fingerprint density at radius 3 is 2.38 bits per heavy atom. The van der Waals surface area contributed by atoms with Crippen LogP contribution in [0.3, 0.4) is 0 Å². The first-order valence-corrected chi connectivity index (χ1v) is 12.2. The smallest absolute Gasteiger partial charge is 0.252 e. The molecule has 4 nitrogen and oxygen atoms in total. The molecule has 168 valence electrons. The van der Waals surface area contributed by atoms with Gasteiger partial charge in [-0.3, -0.25) is 4.79 Å². The second kappa shape index (κ2) is 12.9. The third-order valence-electron chi connectivity index (χ3n) is 5.03. The van der Waals surface area contributed by atoms with Crippen molar-refractivity contribution in [2.24, 2.45) is 0 Å². The van der Waals surface area contributed by atoms with Gasteiger partial charge in [0.05, 0.1) is 12.2 Å². The molecular weight excluding hydrogens is 416 g/mol. The van der Waals surface area contributed by atoms with Crippen LogP contribution in [-0.4, -0.2) is 50.4 Å². The van der Waals surface area contributed by atoms with Crippen molar-refractivity contribution >= 4 is 17.7 Å². The van der Waals surface area contributed by atoms with E-state index < -0.39 is 0 Å². The maximum Gasteiger partial charge on any atom is 0.252 e.